The van der Waals surface area contributed by atoms with E-state index in [1.165, 1.54) is 19.9 Å². The standard InChI is InChI=1S/C13H19N3O2S2/c1-4-16(5-2)20(17,18)15(3)10-13-14-11-8-6-7-9-12(11)19-13/h6-9H,4-5,10H2,1-3H3. The first kappa shape index (κ1) is 15.4. The van der Waals surface area contributed by atoms with Gasteiger partial charge in [0.25, 0.3) is 10.2 Å². The molecule has 0 bridgehead atoms. The van der Waals surface area contributed by atoms with Crippen LogP contribution in [-0.4, -0.2) is 42.1 Å². The van der Waals surface area contributed by atoms with Crippen molar-refractivity contribution in [2.45, 2.75) is 20.4 Å². The molecule has 5 nitrogen and oxygen atoms in total. The van der Waals surface area contributed by atoms with Crippen LogP contribution in [0.4, 0.5) is 0 Å². The third-order valence-corrected chi connectivity index (χ3v) is 6.23. The summed E-state index contributed by atoms with van der Waals surface area (Å²) in [5, 5.41) is 0.810. The minimum absolute atomic E-state index is 0.304. The number of hydrogen-bond acceptors (Lipinski definition) is 4. The summed E-state index contributed by atoms with van der Waals surface area (Å²) in [5.41, 5.74) is 0.918. The predicted octanol–water partition coefficient (Wildman–Crippen LogP) is 2.31. The van der Waals surface area contributed by atoms with Crippen LogP contribution < -0.4 is 0 Å². The molecular weight excluding hydrogens is 294 g/mol. The second-order valence-electron chi connectivity index (χ2n) is 4.42. The minimum Gasteiger partial charge on any atom is -0.240 e. The molecule has 0 aliphatic rings. The second kappa shape index (κ2) is 6.17. The van der Waals surface area contributed by atoms with Crippen molar-refractivity contribution in [2.75, 3.05) is 20.1 Å². The lowest BCUT2D eigenvalue weighted by molar-refractivity contribution is 0.374. The van der Waals surface area contributed by atoms with E-state index >= 15 is 0 Å². The largest absolute Gasteiger partial charge is 0.282 e. The van der Waals surface area contributed by atoms with Crippen LogP contribution in [0.25, 0.3) is 10.2 Å². The molecule has 0 fully saturated rings. The van der Waals surface area contributed by atoms with Crippen LogP contribution in [0, 0.1) is 0 Å². The van der Waals surface area contributed by atoms with E-state index in [-0.39, 0.29) is 0 Å². The lowest BCUT2D eigenvalue weighted by atomic mass is 10.3. The van der Waals surface area contributed by atoms with Gasteiger partial charge < -0.3 is 0 Å². The smallest absolute Gasteiger partial charge is 0.240 e. The summed E-state index contributed by atoms with van der Waals surface area (Å²) in [6.45, 7) is 4.93. The highest BCUT2D eigenvalue weighted by Crippen LogP contribution is 2.23. The first-order valence-corrected chi connectivity index (χ1v) is 8.76. The van der Waals surface area contributed by atoms with Crippen molar-refractivity contribution in [2.24, 2.45) is 0 Å². The molecule has 7 heteroatoms. The number of benzene rings is 1. The van der Waals surface area contributed by atoms with Gasteiger partial charge in [-0.2, -0.15) is 17.0 Å². The maximum absolute atomic E-state index is 12.3. The molecule has 2 rings (SSSR count). The highest BCUT2D eigenvalue weighted by molar-refractivity contribution is 7.86. The summed E-state index contributed by atoms with van der Waals surface area (Å²) in [5.74, 6) is 0. The van der Waals surface area contributed by atoms with Crippen molar-refractivity contribution in [3.63, 3.8) is 0 Å². The maximum Gasteiger partial charge on any atom is 0.282 e. The normalized spacial score (nSPS) is 12.7. The van der Waals surface area contributed by atoms with Gasteiger partial charge in [0.05, 0.1) is 16.8 Å². The van der Waals surface area contributed by atoms with Crippen molar-refractivity contribution in [1.29, 1.82) is 0 Å². The molecule has 20 heavy (non-hydrogen) atoms. The van der Waals surface area contributed by atoms with Gasteiger partial charge in [-0.25, -0.2) is 4.98 Å². The Morgan fingerprint density at radius 3 is 2.45 bits per heavy atom. The molecule has 0 amide bonds. The number of aromatic nitrogens is 1. The van der Waals surface area contributed by atoms with E-state index in [2.05, 4.69) is 4.98 Å². The summed E-state index contributed by atoms with van der Waals surface area (Å²) < 4.78 is 28.6. The topological polar surface area (TPSA) is 53.5 Å². The summed E-state index contributed by atoms with van der Waals surface area (Å²) >= 11 is 1.53. The fourth-order valence-electron chi connectivity index (χ4n) is 2.01. The summed E-state index contributed by atoms with van der Waals surface area (Å²) in [6.07, 6.45) is 0. The summed E-state index contributed by atoms with van der Waals surface area (Å²) in [4.78, 5) is 4.47. The van der Waals surface area contributed by atoms with Gasteiger partial charge in [-0.15, -0.1) is 11.3 Å². The monoisotopic (exact) mass is 313 g/mol. The zero-order valence-electron chi connectivity index (χ0n) is 11.9. The number of hydrogen-bond donors (Lipinski definition) is 0. The number of fused-ring (bicyclic) bond motifs is 1. The molecule has 110 valence electrons. The van der Waals surface area contributed by atoms with Crippen LogP contribution in [0.1, 0.15) is 18.9 Å². The van der Waals surface area contributed by atoms with Crippen molar-refractivity contribution in [3.8, 4) is 0 Å². The zero-order chi connectivity index (χ0) is 14.8. The summed E-state index contributed by atoms with van der Waals surface area (Å²) in [6, 6.07) is 7.83. The Balaban J connectivity index is 2.20. The van der Waals surface area contributed by atoms with E-state index in [0.717, 1.165) is 15.2 Å². The van der Waals surface area contributed by atoms with E-state index in [9.17, 15) is 8.42 Å². The van der Waals surface area contributed by atoms with E-state index in [0.29, 0.717) is 19.6 Å². The minimum atomic E-state index is -3.40. The highest BCUT2D eigenvalue weighted by atomic mass is 32.2. The fraction of sp³-hybridized carbons (Fsp3) is 0.462. The average molecular weight is 313 g/mol. The molecular formula is C13H19N3O2S2. The average Bonchev–Trinajstić information content (AvgIpc) is 2.81. The van der Waals surface area contributed by atoms with Gasteiger partial charge >= 0.3 is 0 Å². The molecule has 1 heterocycles. The number of nitrogens with zero attached hydrogens (tertiary/aromatic N) is 3. The van der Waals surface area contributed by atoms with E-state index in [1.54, 1.807) is 7.05 Å². The van der Waals surface area contributed by atoms with Crippen LogP contribution >= 0.6 is 11.3 Å². The van der Waals surface area contributed by atoms with Crippen molar-refractivity contribution in [1.82, 2.24) is 13.6 Å². The molecule has 0 unspecified atom stereocenters. The zero-order valence-corrected chi connectivity index (χ0v) is 13.5. The third kappa shape index (κ3) is 3.01. The second-order valence-corrected chi connectivity index (χ2v) is 7.57. The molecule has 1 aromatic heterocycles. The molecule has 1 aromatic carbocycles. The molecule has 0 spiro atoms. The fourth-order valence-corrected chi connectivity index (χ4v) is 4.44. The Kier molecular flexibility index (Phi) is 4.74. The molecule has 0 atom stereocenters. The molecule has 0 N–H and O–H groups in total. The first-order chi connectivity index (χ1) is 9.48. The molecule has 0 aliphatic heterocycles. The molecule has 2 aromatic rings. The van der Waals surface area contributed by atoms with Crippen LogP contribution in [0.3, 0.4) is 0 Å². The molecule has 0 saturated carbocycles. The van der Waals surface area contributed by atoms with Gasteiger partial charge in [0.1, 0.15) is 5.01 Å². The van der Waals surface area contributed by atoms with Crippen molar-refractivity contribution >= 4 is 31.8 Å². The predicted molar refractivity (Wildman–Crippen MR) is 82.9 cm³/mol. The molecule has 0 radical (unpaired) electrons. The number of thiazole rings is 1. The van der Waals surface area contributed by atoms with Gasteiger partial charge in [0, 0.05) is 20.1 Å². The SMILES string of the molecule is CCN(CC)S(=O)(=O)N(C)Cc1nc2ccccc2s1. The van der Waals surface area contributed by atoms with Crippen LogP contribution in [0.15, 0.2) is 24.3 Å². The Bertz CT molecular complexity index is 645. The van der Waals surface area contributed by atoms with E-state index in [4.69, 9.17) is 0 Å². The van der Waals surface area contributed by atoms with Gasteiger partial charge in [-0.3, -0.25) is 0 Å². The van der Waals surface area contributed by atoms with Gasteiger partial charge in [0.2, 0.25) is 0 Å². The first-order valence-electron chi connectivity index (χ1n) is 6.54. The number of para-hydroxylation sites is 1. The van der Waals surface area contributed by atoms with Crippen LogP contribution in [0.2, 0.25) is 0 Å². The van der Waals surface area contributed by atoms with Crippen LogP contribution in [0.5, 0.6) is 0 Å². The van der Waals surface area contributed by atoms with E-state index < -0.39 is 10.2 Å². The lowest BCUT2D eigenvalue weighted by Gasteiger charge is -2.24. The Morgan fingerprint density at radius 1 is 1.20 bits per heavy atom. The number of rotatable bonds is 6. The maximum atomic E-state index is 12.3. The Morgan fingerprint density at radius 2 is 1.85 bits per heavy atom. The molecule has 0 saturated heterocycles. The molecule has 0 aliphatic carbocycles. The Hall–Kier alpha value is -1.02. The van der Waals surface area contributed by atoms with Gasteiger partial charge in [0.15, 0.2) is 0 Å². The van der Waals surface area contributed by atoms with Crippen molar-refractivity contribution in [3.05, 3.63) is 29.3 Å². The van der Waals surface area contributed by atoms with Gasteiger partial charge in [-0.1, -0.05) is 26.0 Å². The highest BCUT2D eigenvalue weighted by Gasteiger charge is 2.25. The lowest BCUT2D eigenvalue weighted by Crippen LogP contribution is -2.41. The quantitative estimate of drug-likeness (QED) is 0.822. The summed E-state index contributed by atoms with van der Waals surface area (Å²) in [7, 11) is -1.81. The van der Waals surface area contributed by atoms with Crippen LogP contribution in [-0.2, 0) is 16.8 Å². The van der Waals surface area contributed by atoms with Gasteiger partial charge in [-0.05, 0) is 12.1 Å². The van der Waals surface area contributed by atoms with E-state index in [1.807, 2.05) is 38.1 Å². The Labute approximate surface area is 124 Å². The van der Waals surface area contributed by atoms with Crippen molar-refractivity contribution < 1.29 is 8.42 Å². The third-order valence-electron chi connectivity index (χ3n) is 3.12.